The van der Waals surface area contributed by atoms with Gasteiger partial charge in [0.05, 0.1) is 33.7 Å². The predicted octanol–water partition coefficient (Wildman–Crippen LogP) is 3.88. The second kappa shape index (κ2) is 14.4. The van der Waals surface area contributed by atoms with Crippen LogP contribution >= 0.6 is 0 Å². The third kappa shape index (κ3) is 8.94. The van der Waals surface area contributed by atoms with Gasteiger partial charge >= 0.3 is 11.9 Å². The zero-order chi connectivity index (χ0) is 23.2. The van der Waals surface area contributed by atoms with Crippen LogP contribution in [0, 0.1) is 0 Å². The molecule has 0 heterocycles. The zero-order valence-corrected chi connectivity index (χ0v) is 18.8. The van der Waals surface area contributed by atoms with E-state index in [0.29, 0.717) is 24.2 Å². The Morgan fingerprint density at radius 1 is 0.774 bits per heavy atom. The summed E-state index contributed by atoms with van der Waals surface area (Å²) in [5.74, 6) is -2.05. The van der Waals surface area contributed by atoms with Crippen LogP contribution in [0.15, 0.2) is 22.7 Å². The van der Waals surface area contributed by atoms with Gasteiger partial charge in [-0.3, -0.25) is 19.2 Å². The maximum Gasteiger partial charge on any atom is 0.306 e. The van der Waals surface area contributed by atoms with Crippen LogP contribution in [-0.4, -0.2) is 49.4 Å². The van der Waals surface area contributed by atoms with Gasteiger partial charge in [-0.15, -0.1) is 0 Å². The van der Waals surface area contributed by atoms with Crippen molar-refractivity contribution < 1.29 is 38.5 Å². The smallest absolute Gasteiger partial charge is 0.306 e. The van der Waals surface area contributed by atoms with Gasteiger partial charge in [-0.2, -0.15) is 0 Å². The van der Waals surface area contributed by atoms with Crippen molar-refractivity contribution in [3.63, 3.8) is 0 Å². The number of esters is 1. The van der Waals surface area contributed by atoms with E-state index >= 15 is 0 Å². The number of carbonyl (C=O) groups is 4. The highest BCUT2D eigenvalue weighted by atomic mass is 16.5. The number of Topliss-reactive ketones (excluding diaryl/α,β-unsaturated/α-hetero) is 2. The van der Waals surface area contributed by atoms with Crippen molar-refractivity contribution in [2.24, 2.45) is 0 Å². The van der Waals surface area contributed by atoms with Crippen LogP contribution in [0.2, 0.25) is 0 Å². The van der Waals surface area contributed by atoms with E-state index < -0.39 is 11.9 Å². The van der Waals surface area contributed by atoms with Crippen LogP contribution in [0.4, 0.5) is 0 Å². The minimum atomic E-state index is -1.00. The fourth-order valence-corrected chi connectivity index (χ4v) is 3.42. The number of carboxylic acid groups (broad SMARTS) is 1. The molecule has 0 aromatic heterocycles. The highest BCUT2D eigenvalue weighted by Crippen LogP contribution is 2.28. The Kier molecular flexibility index (Phi) is 12.2. The summed E-state index contributed by atoms with van der Waals surface area (Å²) in [6.07, 6.45) is 8.08. The fourth-order valence-electron chi connectivity index (χ4n) is 3.42. The molecule has 0 aromatic carbocycles. The number of ether oxygens (including phenoxy) is 3. The Balaban J connectivity index is 2.13. The molecule has 31 heavy (non-hydrogen) atoms. The fraction of sp³-hybridized carbons (Fsp3) is 0.652. The molecule has 1 aliphatic rings. The van der Waals surface area contributed by atoms with Crippen LogP contribution in [0.25, 0.3) is 0 Å². The molecule has 0 aliphatic heterocycles. The standard InChI is InChI=1S/C23H34O8/c1-16-17(21(28)23(30-3)22(29-2)20(16)27)12-10-8-6-4-5-7-9-11-15-31-19(26)14-13-18(24)25/h4-15H2,1-3H3,(H,24,25). The third-order valence-corrected chi connectivity index (χ3v) is 5.22. The average molecular weight is 439 g/mol. The number of rotatable bonds is 16. The third-order valence-electron chi connectivity index (χ3n) is 5.22. The van der Waals surface area contributed by atoms with Crippen molar-refractivity contribution in [3.8, 4) is 0 Å². The topological polar surface area (TPSA) is 116 Å². The number of carboxylic acids is 1. The maximum atomic E-state index is 12.6. The first-order valence-corrected chi connectivity index (χ1v) is 10.8. The van der Waals surface area contributed by atoms with Gasteiger partial charge in [0, 0.05) is 11.1 Å². The minimum Gasteiger partial charge on any atom is -0.489 e. The Morgan fingerprint density at radius 2 is 1.29 bits per heavy atom. The van der Waals surface area contributed by atoms with Gasteiger partial charge in [0.1, 0.15) is 0 Å². The number of hydrogen-bond donors (Lipinski definition) is 1. The Bertz CT molecular complexity index is 717. The maximum absolute atomic E-state index is 12.6. The lowest BCUT2D eigenvalue weighted by Gasteiger charge is -2.20. The molecule has 0 spiro atoms. The van der Waals surface area contributed by atoms with Crippen LogP contribution in [0.3, 0.4) is 0 Å². The molecule has 0 fully saturated rings. The summed E-state index contributed by atoms with van der Waals surface area (Å²) in [7, 11) is 2.72. The molecule has 0 aromatic rings. The number of ketones is 2. The van der Waals surface area contributed by atoms with Crippen LogP contribution < -0.4 is 0 Å². The Labute approximate surface area is 183 Å². The number of aliphatic carboxylic acids is 1. The molecule has 0 radical (unpaired) electrons. The van der Waals surface area contributed by atoms with Crippen LogP contribution in [-0.2, 0) is 33.4 Å². The molecule has 8 nitrogen and oxygen atoms in total. The SMILES string of the molecule is COC1=C(OC)C(=O)C(CCCCCCCCCCOC(=O)CCC(=O)O)=C(C)C1=O. The first-order chi connectivity index (χ1) is 14.8. The molecular formula is C23H34O8. The molecule has 0 amide bonds. The van der Waals surface area contributed by atoms with E-state index in [1.807, 2.05) is 0 Å². The monoisotopic (exact) mass is 438 g/mol. The van der Waals surface area contributed by atoms with Crippen LogP contribution in [0.1, 0.15) is 77.6 Å². The lowest BCUT2D eigenvalue weighted by Crippen LogP contribution is -2.25. The van der Waals surface area contributed by atoms with Crippen molar-refractivity contribution in [3.05, 3.63) is 22.7 Å². The van der Waals surface area contributed by atoms with E-state index in [0.717, 1.165) is 51.4 Å². The summed E-state index contributed by atoms with van der Waals surface area (Å²) in [6, 6.07) is 0. The Morgan fingerprint density at radius 3 is 1.84 bits per heavy atom. The molecule has 0 atom stereocenters. The van der Waals surface area contributed by atoms with E-state index in [1.165, 1.54) is 14.2 Å². The first kappa shape index (κ1) is 26.4. The largest absolute Gasteiger partial charge is 0.489 e. The van der Waals surface area contributed by atoms with Gasteiger partial charge in [-0.1, -0.05) is 38.5 Å². The van der Waals surface area contributed by atoms with Gasteiger partial charge < -0.3 is 19.3 Å². The Hall–Kier alpha value is -2.64. The molecule has 0 bridgehead atoms. The van der Waals surface area contributed by atoms with Gasteiger partial charge in [0.15, 0.2) is 0 Å². The van der Waals surface area contributed by atoms with E-state index in [9.17, 15) is 19.2 Å². The van der Waals surface area contributed by atoms with E-state index in [-0.39, 0.29) is 35.9 Å². The molecule has 1 N–H and O–H groups in total. The zero-order valence-electron chi connectivity index (χ0n) is 18.8. The summed E-state index contributed by atoms with van der Waals surface area (Å²) in [6.45, 7) is 1.99. The summed E-state index contributed by atoms with van der Waals surface area (Å²) < 4.78 is 15.1. The van der Waals surface area contributed by atoms with Crippen molar-refractivity contribution in [1.29, 1.82) is 0 Å². The van der Waals surface area contributed by atoms with E-state index in [4.69, 9.17) is 19.3 Å². The van der Waals surface area contributed by atoms with Crippen molar-refractivity contribution in [1.82, 2.24) is 0 Å². The molecule has 0 saturated heterocycles. The molecular weight excluding hydrogens is 404 g/mol. The molecule has 8 heteroatoms. The van der Waals surface area contributed by atoms with Gasteiger partial charge in [0.25, 0.3) is 0 Å². The normalized spacial score (nSPS) is 14.2. The lowest BCUT2D eigenvalue weighted by atomic mass is 9.89. The van der Waals surface area contributed by atoms with Gasteiger partial charge in [0.2, 0.25) is 23.1 Å². The summed E-state index contributed by atoms with van der Waals surface area (Å²) in [5, 5.41) is 8.50. The molecule has 0 saturated carbocycles. The number of allylic oxidation sites excluding steroid dienone is 2. The second-order valence-corrected chi connectivity index (χ2v) is 7.52. The highest BCUT2D eigenvalue weighted by Gasteiger charge is 2.34. The lowest BCUT2D eigenvalue weighted by molar-refractivity contribution is -0.147. The van der Waals surface area contributed by atoms with Crippen molar-refractivity contribution in [2.75, 3.05) is 20.8 Å². The second-order valence-electron chi connectivity index (χ2n) is 7.52. The first-order valence-electron chi connectivity index (χ1n) is 10.8. The quantitative estimate of drug-likeness (QED) is 0.219. The summed E-state index contributed by atoms with van der Waals surface area (Å²) >= 11 is 0. The minimum absolute atomic E-state index is 0.0133. The average Bonchev–Trinajstić information content (AvgIpc) is 2.74. The van der Waals surface area contributed by atoms with E-state index in [2.05, 4.69) is 0 Å². The predicted molar refractivity (Wildman–Crippen MR) is 113 cm³/mol. The number of carbonyl (C=O) groups excluding carboxylic acids is 3. The van der Waals surface area contributed by atoms with Crippen molar-refractivity contribution >= 4 is 23.5 Å². The molecule has 0 unspecified atom stereocenters. The molecule has 174 valence electrons. The summed E-state index contributed by atoms with van der Waals surface area (Å²) in [4.78, 5) is 46.5. The van der Waals surface area contributed by atoms with E-state index in [1.54, 1.807) is 6.92 Å². The van der Waals surface area contributed by atoms with Crippen molar-refractivity contribution in [2.45, 2.75) is 77.6 Å². The molecule has 1 rings (SSSR count). The number of methoxy groups -OCH3 is 2. The summed E-state index contributed by atoms with van der Waals surface area (Å²) in [5.41, 5.74) is 0.951. The number of hydrogen-bond acceptors (Lipinski definition) is 7. The van der Waals surface area contributed by atoms with Crippen LogP contribution in [0.5, 0.6) is 0 Å². The molecule has 1 aliphatic carbocycles. The highest BCUT2D eigenvalue weighted by molar-refractivity contribution is 6.23. The van der Waals surface area contributed by atoms with Gasteiger partial charge in [-0.25, -0.2) is 0 Å². The van der Waals surface area contributed by atoms with Gasteiger partial charge in [-0.05, 0) is 26.2 Å². The number of unbranched alkanes of at least 4 members (excludes halogenated alkanes) is 7.